The zero-order valence-electron chi connectivity index (χ0n) is 8.20. The van der Waals surface area contributed by atoms with Crippen LogP contribution in [0.25, 0.3) is 0 Å². The van der Waals surface area contributed by atoms with Crippen molar-refractivity contribution in [3.05, 3.63) is 41.8 Å². The van der Waals surface area contributed by atoms with Crippen molar-refractivity contribution in [2.24, 2.45) is 0 Å². The van der Waals surface area contributed by atoms with Gasteiger partial charge in [-0.05, 0) is 13.0 Å². The Hall–Kier alpha value is -1.91. The molecule has 0 fully saturated rings. The summed E-state index contributed by atoms with van der Waals surface area (Å²) in [5.74, 6) is 0.254. The maximum absolute atomic E-state index is 12.7. The molecule has 0 saturated heterocycles. The molecule has 0 atom stereocenters. The zero-order chi connectivity index (χ0) is 10.7. The van der Waals surface area contributed by atoms with Gasteiger partial charge < -0.3 is 9.84 Å². The minimum Gasteiger partial charge on any atom is -0.379 e. The molecule has 0 saturated carbocycles. The molecule has 5 heteroatoms. The van der Waals surface area contributed by atoms with Gasteiger partial charge in [-0.15, -0.1) is 0 Å². The summed E-state index contributed by atoms with van der Waals surface area (Å²) in [6, 6.07) is 4.84. The van der Waals surface area contributed by atoms with Gasteiger partial charge in [-0.2, -0.15) is 4.39 Å². The van der Waals surface area contributed by atoms with Gasteiger partial charge in [0.05, 0.1) is 6.54 Å². The van der Waals surface area contributed by atoms with Crippen LogP contribution in [0.3, 0.4) is 0 Å². The highest BCUT2D eigenvalue weighted by atomic mass is 19.1. The predicted molar refractivity (Wildman–Crippen MR) is 52.8 cm³/mol. The van der Waals surface area contributed by atoms with Crippen molar-refractivity contribution in [1.29, 1.82) is 0 Å². The molecule has 2 heterocycles. The zero-order valence-corrected chi connectivity index (χ0v) is 8.20. The van der Waals surface area contributed by atoms with E-state index in [2.05, 4.69) is 15.5 Å². The fourth-order valence-electron chi connectivity index (χ4n) is 1.21. The van der Waals surface area contributed by atoms with Crippen LogP contribution in [-0.4, -0.2) is 10.1 Å². The first-order valence-electron chi connectivity index (χ1n) is 4.51. The molecular weight excluding hydrogens is 197 g/mol. The molecule has 0 aromatic carbocycles. The second kappa shape index (κ2) is 4.08. The van der Waals surface area contributed by atoms with Crippen LogP contribution in [-0.2, 0) is 6.54 Å². The molecule has 0 amide bonds. The lowest BCUT2D eigenvalue weighted by atomic mass is 10.3. The van der Waals surface area contributed by atoms with Crippen molar-refractivity contribution in [1.82, 2.24) is 10.1 Å². The molecule has 0 spiro atoms. The van der Waals surface area contributed by atoms with Crippen molar-refractivity contribution >= 4 is 5.69 Å². The summed E-state index contributed by atoms with van der Waals surface area (Å²) in [6.45, 7) is 2.32. The number of aromatic nitrogens is 2. The third-order valence-electron chi connectivity index (χ3n) is 1.88. The number of nitrogens with one attached hydrogen (secondary N) is 1. The monoisotopic (exact) mass is 207 g/mol. The third-order valence-corrected chi connectivity index (χ3v) is 1.88. The number of anilines is 1. The highest BCUT2D eigenvalue weighted by Crippen LogP contribution is 2.09. The Kier molecular flexibility index (Phi) is 2.62. The van der Waals surface area contributed by atoms with E-state index in [0.29, 0.717) is 12.2 Å². The van der Waals surface area contributed by atoms with Crippen LogP contribution >= 0.6 is 0 Å². The maximum atomic E-state index is 12.7. The molecule has 0 bridgehead atoms. The summed E-state index contributed by atoms with van der Waals surface area (Å²) in [5, 5.41) is 6.82. The molecule has 2 rings (SSSR count). The molecule has 0 aliphatic heterocycles. The Morgan fingerprint density at radius 1 is 1.47 bits per heavy atom. The number of pyridine rings is 1. The van der Waals surface area contributed by atoms with Crippen LogP contribution in [0.4, 0.5) is 10.1 Å². The molecule has 0 radical (unpaired) electrons. The average Bonchev–Trinajstić information content (AvgIpc) is 2.62. The Labute approximate surface area is 86.1 Å². The quantitative estimate of drug-likeness (QED) is 0.783. The van der Waals surface area contributed by atoms with E-state index in [1.54, 1.807) is 6.07 Å². The third kappa shape index (κ3) is 2.52. The van der Waals surface area contributed by atoms with Crippen LogP contribution in [0.1, 0.15) is 11.5 Å². The van der Waals surface area contributed by atoms with Crippen LogP contribution < -0.4 is 5.32 Å². The number of halogens is 1. The molecule has 1 N–H and O–H groups in total. The van der Waals surface area contributed by atoms with Crippen LogP contribution in [0.5, 0.6) is 0 Å². The molecule has 78 valence electrons. The van der Waals surface area contributed by atoms with Crippen molar-refractivity contribution < 1.29 is 8.91 Å². The van der Waals surface area contributed by atoms with Gasteiger partial charge in [0.25, 0.3) is 0 Å². The molecule has 2 aromatic rings. The Balaban J connectivity index is 1.99. The minimum atomic E-state index is -0.503. The van der Waals surface area contributed by atoms with Gasteiger partial charge in [0.15, 0.2) is 0 Å². The number of hydrogen-bond donors (Lipinski definition) is 1. The number of nitrogens with zero attached hydrogens (tertiary/aromatic N) is 2. The van der Waals surface area contributed by atoms with Crippen LogP contribution in [0.2, 0.25) is 0 Å². The van der Waals surface area contributed by atoms with E-state index in [1.165, 1.54) is 12.3 Å². The molecule has 4 nitrogen and oxygen atoms in total. The lowest BCUT2D eigenvalue weighted by Crippen LogP contribution is -2.00. The molecule has 0 aliphatic rings. The first-order chi connectivity index (χ1) is 7.24. The molecular formula is C10H10FN3O. The SMILES string of the molecule is Cc1cc(CNc2ccnc(F)c2)no1. The number of aryl methyl sites for hydroxylation is 1. The topological polar surface area (TPSA) is 51.0 Å². The molecule has 15 heavy (non-hydrogen) atoms. The Morgan fingerprint density at radius 3 is 3.00 bits per heavy atom. The largest absolute Gasteiger partial charge is 0.379 e. The summed E-state index contributed by atoms with van der Waals surface area (Å²) in [5.41, 5.74) is 1.45. The number of rotatable bonds is 3. The predicted octanol–water partition coefficient (Wildman–Crippen LogP) is 2.13. The first-order valence-corrected chi connectivity index (χ1v) is 4.51. The summed E-state index contributed by atoms with van der Waals surface area (Å²) in [4.78, 5) is 3.46. The van der Waals surface area contributed by atoms with Gasteiger partial charge in [-0.3, -0.25) is 0 Å². The van der Waals surface area contributed by atoms with Crippen LogP contribution in [0.15, 0.2) is 28.9 Å². The number of hydrogen-bond acceptors (Lipinski definition) is 4. The lowest BCUT2D eigenvalue weighted by molar-refractivity contribution is 0.391. The van der Waals surface area contributed by atoms with E-state index in [0.717, 1.165) is 11.5 Å². The van der Waals surface area contributed by atoms with Gasteiger partial charge in [-0.25, -0.2) is 4.98 Å². The second-order valence-corrected chi connectivity index (χ2v) is 3.15. The van der Waals surface area contributed by atoms with Crippen molar-refractivity contribution in [2.75, 3.05) is 5.32 Å². The fraction of sp³-hybridized carbons (Fsp3) is 0.200. The second-order valence-electron chi connectivity index (χ2n) is 3.15. The normalized spacial score (nSPS) is 10.3. The van der Waals surface area contributed by atoms with E-state index < -0.39 is 5.95 Å². The lowest BCUT2D eigenvalue weighted by Gasteiger charge is -2.02. The molecule has 0 aliphatic carbocycles. The molecule has 2 aromatic heterocycles. The van der Waals surface area contributed by atoms with Gasteiger partial charge in [0, 0.05) is 24.0 Å². The van der Waals surface area contributed by atoms with Gasteiger partial charge >= 0.3 is 0 Å². The summed E-state index contributed by atoms with van der Waals surface area (Å²) < 4.78 is 17.6. The summed E-state index contributed by atoms with van der Waals surface area (Å²) >= 11 is 0. The fourth-order valence-corrected chi connectivity index (χ4v) is 1.21. The first kappa shape index (κ1) is 9.64. The Morgan fingerprint density at radius 2 is 2.33 bits per heavy atom. The van der Waals surface area contributed by atoms with E-state index in [4.69, 9.17) is 4.52 Å². The summed E-state index contributed by atoms with van der Waals surface area (Å²) in [7, 11) is 0. The van der Waals surface area contributed by atoms with Crippen LogP contribution in [0, 0.1) is 12.9 Å². The van der Waals surface area contributed by atoms with Gasteiger partial charge in [0.1, 0.15) is 11.5 Å². The van der Waals surface area contributed by atoms with Gasteiger partial charge in [-0.1, -0.05) is 5.16 Å². The van der Waals surface area contributed by atoms with Crippen molar-refractivity contribution in [3.8, 4) is 0 Å². The highest BCUT2D eigenvalue weighted by molar-refractivity contribution is 5.41. The molecule has 0 unspecified atom stereocenters. The van der Waals surface area contributed by atoms with E-state index in [-0.39, 0.29) is 0 Å². The van der Waals surface area contributed by atoms with Crippen molar-refractivity contribution in [3.63, 3.8) is 0 Å². The minimum absolute atomic E-state index is 0.501. The maximum Gasteiger partial charge on any atom is 0.214 e. The summed E-state index contributed by atoms with van der Waals surface area (Å²) in [6.07, 6.45) is 1.41. The standard InChI is InChI=1S/C10H10FN3O/c1-7-4-9(14-15-7)6-13-8-2-3-12-10(11)5-8/h2-5H,6H2,1H3,(H,12,13). The van der Waals surface area contributed by atoms with E-state index in [9.17, 15) is 4.39 Å². The average molecular weight is 207 g/mol. The smallest absolute Gasteiger partial charge is 0.214 e. The van der Waals surface area contributed by atoms with Gasteiger partial charge in [0.2, 0.25) is 5.95 Å². The van der Waals surface area contributed by atoms with E-state index >= 15 is 0 Å². The highest BCUT2D eigenvalue weighted by Gasteiger charge is 2.00. The Bertz CT molecular complexity index is 455. The van der Waals surface area contributed by atoms with E-state index in [1.807, 2.05) is 13.0 Å². The van der Waals surface area contributed by atoms with Crippen molar-refractivity contribution in [2.45, 2.75) is 13.5 Å².